The van der Waals surface area contributed by atoms with Gasteiger partial charge >= 0.3 is 13.8 Å². The van der Waals surface area contributed by atoms with Crippen molar-refractivity contribution in [2.45, 2.75) is 155 Å². The van der Waals surface area contributed by atoms with Crippen molar-refractivity contribution in [1.82, 2.24) is 0 Å². The Morgan fingerprint density at radius 3 is 1.59 bits per heavy atom. The Bertz CT molecular complexity index is 580. The van der Waals surface area contributed by atoms with Crippen molar-refractivity contribution in [2.24, 2.45) is 5.73 Å². The Morgan fingerprint density at radius 1 is 0.667 bits per heavy atom. The van der Waals surface area contributed by atoms with Crippen molar-refractivity contribution in [3.63, 3.8) is 0 Å². The van der Waals surface area contributed by atoms with Gasteiger partial charge in [0.25, 0.3) is 0 Å². The molecule has 0 aromatic carbocycles. The largest absolute Gasteiger partial charge is 0.472 e. The van der Waals surface area contributed by atoms with Crippen LogP contribution >= 0.6 is 7.82 Å². The number of carbonyl (C=O) groups excluding carboxylic acids is 1. The van der Waals surface area contributed by atoms with E-state index in [9.17, 15) is 14.3 Å². The zero-order valence-electron chi connectivity index (χ0n) is 25.4. The van der Waals surface area contributed by atoms with Crippen LogP contribution < -0.4 is 5.73 Å². The summed E-state index contributed by atoms with van der Waals surface area (Å²) >= 11 is 0. The first kappa shape index (κ1) is 38.5. The minimum atomic E-state index is -4.23. The van der Waals surface area contributed by atoms with Gasteiger partial charge in [-0.25, -0.2) is 4.57 Å². The molecule has 0 saturated heterocycles. The van der Waals surface area contributed by atoms with E-state index >= 15 is 0 Å². The summed E-state index contributed by atoms with van der Waals surface area (Å²) in [6.07, 6.45) is 25.1. The molecule has 0 aliphatic carbocycles. The Kier molecular flexibility index (Phi) is 28.6. The fourth-order valence-electron chi connectivity index (χ4n) is 4.39. The standard InChI is InChI=1S/C30H62NO7P/c1-3-5-7-8-9-10-11-12-13-14-15-16-17-18-19-20-21-22-25-35-27-29(38-30(32)23-6-4-2)28-37-39(33,34)36-26-24-31/h29H,3-28,31H2,1-2H3,(H,33,34). The summed E-state index contributed by atoms with van der Waals surface area (Å²) in [7, 11) is -4.23. The van der Waals surface area contributed by atoms with Gasteiger partial charge in [0.15, 0.2) is 0 Å². The molecule has 0 aromatic heterocycles. The van der Waals surface area contributed by atoms with E-state index in [1.54, 1.807) is 0 Å². The lowest BCUT2D eigenvalue weighted by Crippen LogP contribution is -2.28. The molecule has 2 unspecified atom stereocenters. The number of phosphoric acid groups is 1. The first-order valence-electron chi connectivity index (χ1n) is 16.0. The molecule has 3 N–H and O–H groups in total. The van der Waals surface area contributed by atoms with Gasteiger partial charge in [0.05, 0.1) is 19.8 Å². The second-order valence-electron chi connectivity index (χ2n) is 10.7. The highest BCUT2D eigenvalue weighted by atomic mass is 31.2. The molecule has 0 rings (SSSR count). The van der Waals surface area contributed by atoms with Gasteiger partial charge < -0.3 is 20.1 Å². The van der Waals surface area contributed by atoms with Crippen LogP contribution in [0.2, 0.25) is 0 Å². The number of rotatable bonds is 31. The average molecular weight is 580 g/mol. The molecule has 0 amide bonds. The third-order valence-electron chi connectivity index (χ3n) is 6.77. The smallest absolute Gasteiger partial charge is 0.457 e. The molecule has 9 heteroatoms. The summed E-state index contributed by atoms with van der Waals surface area (Å²) in [4.78, 5) is 21.7. The third-order valence-corrected chi connectivity index (χ3v) is 7.76. The van der Waals surface area contributed by atoms with Gasteiger partial charge in [-0.15, -0.1) is 0 Å². The van der Waals surface area contributed by atoms with E-state index in [1.165, 1.54) is 103 Å². The number of phosphoric ester groups is 1. The SMILES string of the molecule is CCCCCCCCCCCCCCCCCCCCOCC(COP(=O)(O)OCCN)OC(=O)CCCC. The van der Waals surface area contributed by atoms with Gasteiger partial charge in [-0.1, -0.05) is 129 Å². The van der Waals surface area contributed by atoms with Crippen LogP contribution in [0.25, 0.3) is 0 Å². The van der Waals surface area contributed by atoms with Crippen molar-refractivity contribution >= 4 is 13.8 Å². The zero-order chi connectivity index (χ0) is 28.9. The molecular weight excluding hydrogens is 517 g/mol. The number of ether oxygens (including phenoxy) is 2. The number of carbonyl (C=O) groups is 1. The fraction of sp³-hybridized carbons (Fsp3) is 0.967. The first-order chi connectivity index (χ1) is 18.9. The van der Waals surface area contributed by atoms with Gasteiger partial charge in [-0.3, -0.25) is 13.8 Å². The molecule has 0 saturated carbocycles. The minimum absolute atomic E-state index is 0.0927. The van der Waals surface area contributed by atoms with Gasteiger partial charge in [-0.2, -0.15) is 0 Å². The average Bonchev–Trinajstić information content (AvgIpc) is 2.92. The number of hydrogen-bond acceptors (Lipinski definition) is 7. The Hall–Kier alpha value is -0.500. The Morgan fingerprint density at radius 2 is 1.13 bits per heavy atom. The molecule has 2 atom stereocenters. The Balaban J connectivity index is 3.73. The molecule has 0 radical (unpaired) electrons. The van der Waals surface area contributed by atoms with Gasteiger partial charge in [0.1, 0.15) is 6.10 Å². The molecule has 39 heavy (non-hydrogen) atoms. The van der Waals surface area contributed by atoms with Crippen molar-refractivity contribution in [3.05, 3.63) is 0 Å². The molecule has 0 spiro atoms. The summed E-state index contributed by atoms with van der Waals surface area (Å²) in [5.74, 6) is -0.363. The van der Waals surface area contributed by atoms with Crippen LogP contribution in [0.1, 0.15) is 149 Å². The monoisotopic (exact) mass is 579 g/mol. The third kappa shape index (κ3) is 28.8. The Labute approximate surface area is 240 Å². The summed E-state index contributed by atoms with van der Waals surface area (Å²) in [5.41, 5.74) is 5.29. The topological polar surface area (TPSA) is 117 Å². The van der Waals surface area contributed by atoms with Crippen LogP contribution in [0.5, 0.6) is 0 Å². The summed E-state index contributed by atoms with van der Waals surface area (Å²) in [6.45, 7) is 4.69. The minimum Gasteiger partial charge on any atom is -0.457 e. The maximum Gasteiger partial charge on any atom is 0.472 e. The van der Waals surface area contributed by atoms with Crippen LogP contribution in [0.3, 0.4) is 0 Å². The maximum atomic E-state index is 12.0. The van der Waals surface area contributed by atoms with E-state index < -0.39 is 13.9 Å². The lowest BCUT2D eigenvalue weighted by molar-refractivity contribution is -0.154. The van der Waals surface area contributed by atoms with Crippen LogP contribution in [-0.2, 0) is 27.9 Å². The molecular formula is C30H62NO7P. The summed E-state index contributed by atoms with van der Waals surface area (Å²) in [6, 6.07) is 0. The molecule has 0 aromatic rings. The quantitative estimate of drug-likeness (QED) is 0.0479. The molecule has 8 nitrogen and oxygen atoms in total. The molecule has 0 fully saturated rings. The van der Waals surface area contributed by atoms with Crippen LogP contribution in [-0.4, -0.2) is 49.9 Å². The highest BCUT2D eigenvalue weighted by molar-refractivity contribution is 7.47. The van der Waals surface area contributed by atoms with E-state index in [4.69, 9.17) is 24.3 Å². The van der Waals surface area contributed by atoms with E-state index in [0.717, 1.165) is 25.7 Å². The second kappa shape index (κ2) is 29.0. The lowest BCUT2D eigenvalue weighted by Gasteiger charge is -2.20. The van der Waals surface area contributed by atoms with Crippen molar-refractivity contribution in [1.29, 1.82) is 0 Å². The number of esters is 1. The van der Waals surface area contributed by atoms with E-state index in [2.05, 4.69) is 6.92 Å². The van der Waals surface area contributed by atoms with Crippen molar-refractivity contribution < 1.29 is 32.8 Å². The van der Waals surface area contributed by atoms with Crippen molar-refractivity contribution in [2.75, 3.05) is 33.0 Å². The second-order valence-corrected chi connectivity index (χ2v) is 12.1. The highest BCUT2D eigenvalue weighted by Gasteiger charge is 2.25. The zero-order valence-corrected chi connectivity index (χ0v) is 26.3. The van der Waals surface area contributed by atoms with Gasteiger partial charge in [-0.05, 0) is 12.8 Å². The summed E-state index contributed by atoms with van der Waals surface area (Å²) in [5, 5.41) is 0. The van der Waals surface area contributed by atoms with Gasteiger partial charge in [0.2, 0.25) is 0 Å². The molecule has 0 aliphatic heterocycles. The predicted octanol–water partition coefficient (Wildman–Crippen LogP) is 8.24. The summed E-state index contributed by atoms with van der Waals surface area (Å²) < 4.78 is 32.6. The van der Waals surface area contributed by atoms with E-state index in [0.29, 0.717) is 13.0 Å². The molecule has 0 bridgehead atoms. The number of nitrogens with two attached hydrogens (primary N) is 1. The van der Waals surface area contributed by atoms with Crippen molar-refractivity contribution in [3.8, 4) is 0 Å². The van der Waals surface area contributed by atoms with Crippen LogP contribution in [0.15, 0.2) is 0 Å². The van der Waals surface area contributed by atoms with Crippen LogP contribution in [0, 0.1) is 0 Å². The molecule has 0 heterocycles. The van der Waals surface area contributed by atoms with Crippen LogP contribution in [0.4, 0.5) is 0 Å². The first-order valence-corrected chi connectivity index (χ1v) is 17.5. The number of hydrogen-bond donors (Lipinski definition) is 2. The highest BCUT2D eigenvalue weighted by Crippen LogP contribution is 2.43. The van der Waals surface area contributed by atoms with Gasteiger partial charge in [0, 0.05) is 19.6 Å². The number of unbranched alkanes of at least 4 members (excludes halogenated alkanes) is 18. The molecule has 0 aliphatic rings. The fourth-order valence-corrected chi connectivity index (χ4v) is 5.15. The normalized spacial score (nSPS) is 13.8. The lowest BCUT2D eigenvalue weighted by atomic mass is 10.0. The predicted molar refractivity (Wildman–Crippen MR) is 160 cm³/mol. The maximum absolute atomic E-state index is 12.0. The van der Waals surface area contributed by atoms with E-state index in [-0.39, 0.29) is 32.3 Å². The molecule has 234 valence electrons. The van der Waals surface area contributed by atoms with E-state index in [1.807, 2.05) is 6.92 Å².